The average molecular weight is 508 g/mol. The number of hydrogen-bond acceptors (Lipinski definition) is 5. The van der Waals surface area contributed by atoms with Gasteiger partial charge in [0.15, 0.2) is 5.76 Å². The molecule has 154 valence electrons. The fraction of sp³-hybridized carbons (Fsp3) is 0. The molecule has 0 unspecified atom stereocenters. The van der Waals surface area contributed by atoms with Gasteiger partial charge in [-0.1, -0.05) is 34.8 Å². The van der Waals surface area contributed by atoms with Gasteiger partial charge in [0.05, 0.1) is 24.9 Å². The Kier molecular flexibility index (Phi) is 5.81. The van der Waals surface area contributed by atoms with Crippen molar-refractivity contribution >= 4 is 65.8 Å². The zero-order chi connectivity index (χ0) is 22.3. The molecule has 0 saturated carbocycles. The van der Waals surface area contributed by atoms with Crippen LogP contribution in [0.5, 0.6) is 0 Å². The summed E-state index contributed by atoms with van der Waals surface area (Å²) in [6.45, 7) is 0. The molecular formula is C14H5Cl3N6O5S2. The van der Waals surface area contributed by atoms with E-state index in [0.29, 0.717) is 0 Å². The monoisotopic (exact) mass is 506 g/mol. The molecule has 3 aromatic rings. The van der Waals surface area contributed by atoms with Gasteiger partial charge in [0, 0.05) is 35.9 Å². The van der Waals surface area contributed by atoms with Gasteiger partial charge >= 0.3 is 0 Å². The zero-order valence-corrected chi connectivity index (χ0v) is 18.0. The molecule has 0 bridgehead atoms. The predicted molar refractivity (Wildman–Crippen MR) is 109 cm³/mol. The van der Waals surface area contributed by atoms with E-state index in [2.05, 4.69) is 18.9 Å². The molecule has 16 heteroatoms. The van der Waals surface area contributed by atoms with Crippen LogP contribution in [0.3, 0.4) is 0 Å². The number of azide groups is 2. The van der Waals surface area contributed by atoms with Gasteiger partial charge in [-0.3, -0.25) is 0 Å². The Hall–Kier alpha value is -2.63. The molecule has 0 N–H and O–H groups in total. The van der Waals surface area contributed by atoms with E-state index < -0.39 is 29.8 Å². The van der Waals surface area contributed by atoms with Gasteiger partial charge in [0.2, 0.25) is 0 Å². The Morgan fingerprint density at radius 1 is 0.833 bits per heavy atom. The maximum Gasteiger partial charge on any atom is 0.265 e. The highest BCUT2D eigenvalue weighted by atomic mass is 35.5. The highest BCUT2D eigenvalue weighted by molar-refractivity contribution is 7.90. The molecule has 3 rings (SSSR count). The number of nitrogens with zero attached hydrogens (tertiary/aromatic N) is 6. The predicted octanol–water partition coefficient (Wildman–Crippen LogP) is 6.06. The van der Waals surface area contributed by atoms with E-state index in [1.165, 1.54) is 12.1 Å². The smallest absolute Gasteiger partial charge is 0.265 e. The van der Waals surface area contributed by atoms with Gasteiger partial charge in [-0.25, -0.2) is 16.8 Å². The lowest BCUT2D eigenvalue weighted by atomic mass is 10.1. The van der Waals surface area contributed by atoms with Gasteiger partial charge in [-0.15, -0.1) is 0 Å². The van der Waals surface area contributed by atoms with Crippen molar-refractivity contribution in [3.63, 3.8) is 0 Å². The molecule has 0 fully saturated rings. The van der Waals surface area contributed by atoms with Crippen molar-refractivity contribution in [3.8, 4) is 11.3 Å². The van der Waals surface area contributed by atoms with Crippen molar-refractivity contribution in [1.82, 2.24) is 0 Å². The summed E-state index contributed by atoms with van der Waals surface area (Å²) in [5, 5.41) is -0.454. The van der Waals surface area contributed by atoms with Crippen LogP contribution in [0.1, 0.15) is 0 Å². The van der Waals surface area contributed by atoms with Crippen molar-refractivity contribution in [2.24, 2.45) is 9.04 Å². The summed E-state index contributed by atoms with van der Waals surface area (Å²) in [5.74, 6) is -0.0323. The van der Waals surface area contributed by atoms with Crippen LogP contribution in [-0.4, -0.2) is 16.8 Å². The van der Waals surface area contributed by atoms with Crippen LogP contribution in [-0.2, 0) is 20.0 Å². The van der Waals surface area contributed by atoms with E-state index in [1.807, 2.05) is 0 Å². The largest absolute Gasteiger partial charge is 0.454 e. The Morgan fingerprint density at radius 3 is 1.97 bits per heavy atom. The van der Waals surface area contributed by atoms with Gasteiger partial charge in [0.25, 0.3) is 20.0 Å². The van der Waals surface area contributed by atoms with Crippen LogP contribution in [0.2, 0.25) is 15.1 Å². The number of hydrogen-bond donors (Lipinski definition) is 0. The van der Waals surface area contributed by atoms with Crippen LogP contribution < -0.4 is 0 Å². The van der Waals surface area contributed by atoms with E-state index in [9.17, 15) is 16.8 Å². The van der Waals surface area contributed by atoms with Crippen molar-refractivity contribution in [3.05, 3.63) is 66.3 Å². The summed E-state index contributed by atoms with van der Waals surface area (Å²) in [4.78, 5) is 3.53. The van der Waals surface area contributed by atoms with Crippen molar-refractivity contribution < 1.29 is 21.3 Å². The summed E-state index contributed by atoms with van der Waals surface area (Å²) in [6.07, 6.45) is 0. The summed E-state index contributed by atoms with van der Waals surface area (Å²) in [7, 11) is -8.82. The van der Waals surface area contributed by atoms with Gasteiger partial charge in [0.1, 0.15) is 5.58 Å². The molecule has 30 heavy (non-hydrogen) atoms. The lowest BCUT2D eigenvalue weighted by molar-refractivity contribution is 0.596. The number of fused-ring (bicyclic) bond motifs is 1. The molecule has 0 amide bonds. The minimum atomic E-state index is -4.41. The third-order valence-electron chi connectivity index (χ3n) is 3.72. The second kappa shape index (κ2) is 7.89. The summed E-state index contributed by atoms with van der Waals surface area (Å²) in [6, 6.07) is 5.91. The SMILES string of the molecule is [N-]=[N+]=NS(=O)(=O)c1cc(-c2oc3cc(Cl)c(S(=O)(=O)N=[N+]=[N-])cc3c2Cl)ccc1Cl. The maximum absolute atomic E-state index is 12.1. The van der Waals surface area contributed by atoms with E-state index in [4.69, 9.17) is 50.3 Å². The zero-order valence-electron chi connectivity index (χ0n) is 14.1. The van der Waals surface area contributed by atoms with Crippen LogP contribution in [0.4, 0.5) is 0 Å². The normalized spacial score (nSPS) is 11.7. The standard InChI is InChI=1S/C14H5Cl3N6O5S2/c15-8-2-1-6(3-11(8)29(24,25)22-20-18)14-13(17)7-4-12(30(26,27)23-21-19)9(16)5-10(7)28-14/h1-5H. The topological polar surface area (TPSA) is 179 Å². The highest BCUT2D eigenvalue weighted by Crippen LogP contribution is 2.42. The van der Waals surface area contributed by atoms with E-state index in [-0.39, 0.29) is 37.4 Å². The van der Waals surface area contributed by atoms with E-state index >= 15 is 0 Å². The molecular weight excluding hydrogens is 503 g/mol. The Bertz CT molecular complexity index is 1520. The fourth-order valence-electron chi connectivity index (χ4n) is 2.48. The number of rotatable bonds is 5. The first-order valence-corrected chi connectivity index (χ1v) is 11.4. The molecule has 1 heterocycles. The minimum Gasteiger partial charge on any atom is -0.454 e. The van der Waals surface area contributed by atoms with Crippen molar-refractivity contribution in [2.75, 3.05) is 0 Å². The average Bonchev–Trinajstić information content (AvgIpc) is 2.97. The van der Waals surface area contributed by atoms with Gasteiger partial charge < -0.3 is 4.42 Å². The van der Waals surface area contributed by atoms with Gasteiger partial charge in [-0.2, -0.15) is 0 Å². The molecule has 0 aliphatic rings. The van der Waals surface area contributed by atoms with Gasteiger partial charge in [-0.05, 0) is 35.3 Å². The van der Waals surface area contributed by atoms with E-state index in [1.54, 1.807) is 0 Å². The first-order valence-electron chi connectivity index (χ1n) is 7.36. The summed E-state index contributed by atoms with van der Waals surface area (Å²) >= 11 is 18.2. The first-order chi connectivity index (χ1) is 14.0. The molecule has 0 spiro atoms. The number of sulfonamides is 2. The summed E-state index contributed by atoms with van der Waals surface area (Å²) < 4.78 is 59.3. The third-order valence-corrected chi connectivity index (χ3v) is 7.32. The van der Waals surface area contributed by atoms with Crippen LogP contribution in [0.15, 0.2) is 53.6 Å². The van der Waals surface area contributed by atoms with Crippen LogP contribution in [0.25, 0.3) is 43.2 Å². The second-order valence-corrected chi connectivity index (χ2v) is 9.76. The molecule has 0 aliphatic heterocycles. The molecule has 1 aromatic heterocycles. The Labute approximate surface area is 183 Å². The van der Waals surface area contributed by atoms with Crippen molar-refractivity contribution in [1.29, 1.82) is 0 Å². The Balaban J connectivity index is 2.28. The quantitative estimate of drug-likeness (QED) is 0.231. The van der Waals surface area contributed by atoms with Crippen LogP contribution >= 0.6 is 34.8 Å². The lowest BCUT2D eigenvalue weighted by Gasteiger charge is -2.04. The highest BCUT2D eigenvalue weighted by Gasteiger charge is 2.24. The number of halogens is 3. The second-order valence-electron chi connectivity index (χ2n) is 5.46. The van der Waals surface area contributed by atoms with E-state index in [0.717, 1.165) is 18.2 Å². The molecule has 11 nitrogen and oxygen atoms in total. The first kappa shape index (κ1) is 22.1. The minimum absolute atomic E-state index is 0.0323. The molecule has 0 saturated heterocycles. The number of furan rings is 1. The van der Waals surface area contributed by atoms with Crippen molar-refractivity contribution in [2.45, 2.75) is 9.79 Å². The fourth-order valence-corrected chi connectivity index (χ4v) is 5.16. The molecule has 0 atom stereocenters. The Morgan fingerprint density at radius 2 is 1.40 bits per heavy atom. The third kappa shape index (κ3) is 3.87. The lowest BCUT2D eigenvalue weighted by Crippen LogP contribution is -1.97. The molecule has 2 aromatic carbocycles. The molecule has 0 radical (unpaired) electrons. The maximum atomic E-state index is 12.1. The van der Waals surface area contributed by atoms with Crippen LogP contribution in [0, 0.1) is 0 Å². The summed E-state index contributed by atoms with van der Waals surface area (Å²) in [5.41, 5.74) is 17.1. The number of benzene rings is 2. The molecule has 0 aliphatic carbocycles.